The fraction of sp³-hybridized carbons (Fsp3) is 0.182. The summed E-state index contributed by atoms with van der Waals surface area (Å²) in [4.78, 5) is 0. The molecule has 0 spiro atoms. The van der Waals surface area contributed by atoms with E-state index in [1.807, 2.05) is 19.1 Å². The minimum Gasteiger partial charge on any atom is -0.0991 e. The van der Waals surface area contributed by atoms with Crippen molar-refractivity contribution in [3.8, 4) is 0 Å². The number of rotatable bonds is 7. The molecule has 0 aliphatic heterocycles. The summed E-state index contributed by atoms with van der Waals surface area (Å²) in [6.45, 7) is 18.0. The van der Waals surface area contributed by atoms with Crippen molar-refractivity contribution >= 4 is 5.57 Å². The maximum absolute atomic E-state index is 4.14. The summed E-state index contributed by atoms with van der Waals surface area (Å²) in [5.41, 5.74) is 7.08. The Hall–Kier alpha value is -2.34. The van der Waals surface area contributed by atoms with Crippen LogP contribution in [0.25, 0.3) is 5.57 Å². The molecule has 0 N–H and O–H groups in total. The minimum absolute atomic E-state index is 0.835. The van der Waals surface area contributed by atoms with Crippen molar-refractivity contribution in [2.45, 2.75) is 27.2 Å². The zero-order valence-corrected chi connectivity index (χ0v) is 14.0. The van der Waals surface area contributed by atoms with Crippen LogP contribution in [0.4, 0.5) is 0 Å². The number of hydrogen-bond acceptors (Lipinski definition) is 0. The van der Waals surface area contributed by atoms with E-state index in [0.717, 1.165) is 12.0 Å². The highest BCUT2D eigenvalue weighted by Gasteiger charge is 2.07. The second kappa shape index (κ2) is 8.84. The van der Waals surface area contributed by atoms with Crippen molar-refractivity contribution in [2.75, 3.05) is 0 Å². The van der Waals surface area contributed by atoms with Crippen LogP contribution in [0.15, 0.2) is 91.1 Å². The quantitative estimate of drug-likeness (QED) is 0.497. The predicted octanol–water partition coefficient (Wildman–Crippen LogP) is 6.59. The Morgan fingerprint density at radius 2 is 1.73 bits per heavy atom. The molecule has 114 valence electrons. The molecule has 0 aliphatic carbocycles. The van der Waals surface area contributed by atoms with Crippen LogP contribution in [0.2, 0.25) is 0 Å². The fourth-order valence-corrected chi connectivity index (χ4v) is 2.33. The Balaban J connectivity index is 3.16. The lowest BCUT2D eigenvalue weighted by Gasteiger charge is -2.13. The Bertz CT molecular complexity index is 631. The van der Waals surface area contributed by atoms with Gasteiger partial charge in [-0.25, -0.2) is 0 Å². The first-order valence-electron chi connectivity index (χ1n) is 7.54. The molecule has 22 heavy (non-hydrogen) atoms. The summed E-state index contributed by atoms with van der Waals surface area (Å²) >= 11 is 0. The third-order valence-electron chi connectivity index (χ3n) is 3.43. The van der Waals surface area contributed by atoms with Gasteiger partial charge in [-0.05, 0) is 43.9 Å². The highest BCUT2D eigenvalue weighted by atomic mass is 14.1. The van der Waals surface area contributed by atoms with Crippen molar-refractivity contribution in [1.29, 1.82) is 0 Å². The van der Waals surface area contributed by atoms with Crippen LogP contribution in [0.5, 0.6) is 0 Å². The van der Waals surface area contributed by atoms with E-state index in [9.17, 15) is 0 Å². The van der Waals surface area contributed by atoms with E-state index < -0.39 is 0 Å². The molecule has 1 aromatic rings. The van der Waals surface area contributed by atoms with Crippen molar-refractivity contribution in [1.82, 2.24) is 0 Å². The van der Waals surface area contributed by atoms with Gasteiger partial charge in [0.2, 0.25) is 0 Å². The van der Waals surface area contributed by atoms with E-state index in [1.54, 1.807) is 6.08 Å². The van der Waals surface area contributed by atoms with Crippen LogP contribution in [0.3, 0.4) is 0 Å². The molecule has 0 fully saturated rings. The summed E-state index contributed by atoms with van der Waals surface area (Å²) in [5.74, 6) is 0. The van der Waals surface area contributed by atoms with Crippen molar-refractivity contribution in [3.05, 3.63) is 102 Å². The average molecular weight is 290 g/mol. The second-order valence-corrected chi connectivity index (χ2v) is 5.50. The number of benzene rings is 1. The van der Waals surface area contributed by atoms with Gasteiger partial charge in [0.15, 0.2) is 0 Å². The van der Waals surface area contributed by atoms with Gasteiger partial charge in [0.25, 0.3) is 0 Å². The smallest absolute Gasteiger partial charge is 0.00882 e. The summed E-state index contributed by atoms with van der Waals surface area (Å²) in [5, 5.41) is 0. The van der Waals surface area contributed by atoms with Gasteiger partial charge in [-0.15, -0.1) is 0 Å². The first kappa shape index (κ1) is 17.7. The SMILES string of the molecule is C=C/C=C(C)\C=C/C/C(C=C)=C(/C(=C)C)c1ccc(C)cc1. The summed E-state index contributed by atoms with van der Waals surface area (Å²) in [6, 6.07) is 8.56. The lowest BCUT2D eigenvalue weighted by molar-refractivity contribution is 1.27. The van der Waals surface area contributed by atoms with E-state index in [-0.39, 0.29) is 0 Å². The molecule has 0 amide bonds. The lowest BCUT2D eigenvalue weighted by Crippen LogP contribution is -1.92. The molecule has 1 rings (SSSR count). The van der Waals surface area contributed by atoms with Crippen LogP contribution < -0.4 is 0 Å². The Morgan fingerprint density at radius 3 is 2.23 bits per heavy atom. The molecular formula is C22H26. The van der Waals surface area contributed by atoms with Crippen LogP contribution in [-0.4, -0.2) is 0 Å². The van der Waals surface area contributed by atoms with E-state index in [4.69, 9.17) is 0 Å². The molecule has 0 heterocycles. The van der Waals surface area contributed by atoms with E-state index >= 15 is 0 Å². The van der Waals surface area contributed by atoms with Crippen LogP contribution in [0.1, 0.15) is 31.4 Å². The van der Waals surface area contributed by atoms with Gasteiger partial charge < -0.3 is 0 Å². The molecule has 0 aromatic heterocycles. The second-order valence-electron chi connectivity index (χ2n) is 5.50. The van der Waals surface area contributed by atoms with Gasteiger partial charge in [0.1, 0.15) is 0 Å². The predicted molar refractivity (Wildman–Crippen MR) is 101 cm³/mol. The molecule has 0 aliphatic rings. The molecule has 0 saturated heterocycles. The standard InChI is InChI=1S/C22H26/c1-7-10-18(5)11-9-12-20(8-2)22(17(3)4)21-15-13-19(6)14-16-21/h7-11,13-16H,1-3,12H2,4-6H3/b11-9-,18-10-,22-20-. The number of hydrogen-bond donors (Lipinski definition) is 0. The first-order valence-corrected chi connectivity index (χ1v) is 7.54. The first-order chi connectivity index (χ1) is 10.5. The van der Waals surface area contributed by atoms with Gasteiger partial charge >= 0.3 is 0 Å². The minimum atomic E-state index is 0.835. The van der Waals surface area contributed by atoms with Gasteiger partial charge in [0, 0.05) is 0 Å². The fourth-order valence-electron chi connectivity index (χ4n) is 2.33. The maximum Gasteiger partial charge on any atom is -0.00882 e. The van der Waals surface area contributed by atoms with E-state index in [2.05, 4.69) is 70.0 Å². The van der Waals surface area contributed by atoms with E-state index in [0.29, 0.717) is 0 Å². The maximum atomic E-state index is 4.14. The number of allylic oxidation sites excluding steroid dienone is 9. The Labute approximate surface area is 135 Å². The van der Waals surface area contributed by atoms with Crippen LogP contribution in [-0.2, 0) is 0 Å². The summed E-state index contributed by atoms with van der Waals surface area (Å²) in [6.07, 6.45) is 10.8. The van der Waals surface area contributed by atoms with Gasteiger partial charge in [-0.2, -0.15) is 0 Å². The van der Waals surface area contributed by atoms with Crippen molar-refractivity contribution in [3.63, 3.8) is 0 Å². The molecule has 0 unspecified atom stereocenters. The zero-order chi connectivity index (χ0) is 16.5. The topological polar surface area (TPSA) is 0 Å². The molecule has 0 nitrogen and oxygen atoms in total. The number of aryl methyl sites for hydroxylation is 1. The van der Waals surface area contributed by atoms with Crippen LogP contribution >= 0.6 is 0 Å². The third kappa shape index (κ3) is 5.21. The molecule has 0 radical (unpaired) electrons. The van der Waals surface area contributed by atoms with Gasteiger partial charge in [0.05, 0.1) is 0 Å². The normalized spacial score (nSPS) is 13.0. The van der Waals surface area contributed by atoms with Crippen molar-refractivity contribution < 1.29 is 0 Å². The molecule has 0 heteroatoms. The molecule has 0 saturated carbocycles. The van der Waals surface area contributed by atoms with Gasteiger partial charge in [-0.1, -0.05) is 91.1 Å². The monoisotopic (exact) mass is 290 g/mol. The Kier molecular flexibility index (Phi) is 7.12. The largest absolute Gasteiger partial charge is 0.0991 e. The van der Waals surface area contributed by atoms with Crippen molar-refractivity contribution in [2.24, 2.45) is 0 Å². The zero-order valence-electron chi connectivity index (χ0n) is 14.0. The Morgan fingerprint density at radius 1 is 1.09 bits per heavy atom. The van der Waals surface area contributed by atoms with Crippen LogP contribution in [0, 0.1) is 6.92 Å². The third-order valence-corrected chi connectivity index (χ3v) is 3.43. The summed E-state index contributed by atoms with van der Waals surface area (Å²) < 4.78 is 0. The molecule has 0 bridgehead atoms. The molecule has 1 aromatic carbocycles. The highest BCUT2D eigenvalue weighted by molar-refractivity contribution is 5.82. The molecule has 0 atom stereocenters. The highest BCUT2D eigenvalue weighted by Crippen LogP contribution is 2.28. The average Bonchev–Trinajstić information content (AvgIpc) is 2.47. The van der Waals surface area contributed by atoms with Gasteiger partial charge in [-0.3, -0.25) is 0 Å². The lowest BCUT2D eigenvalue weighted by atomic mass is 9.92. The summed E-state index contributed by atoms with van der Waals surface area (Å²) in [7, 11) is 0. The van der Waals surface area contributed by atoms with E-state index in [1.165, 1.54) is 27.8 Å². The molecular weight excluding hydrogens is 264 g/mol.